The highest BCUT2D eigenvalue weighted by Crippen LogP contribution is 2.00. The molecule has 15 heavy (non-hydrogen) atoms. The molecular weight excluding hydrogens is 192 g/mol. The van der Waals surface area contributed by atoms with Crippen LogP contribution < -0.4 is 11.2 Å². The summed E-state index contributed by atoms with van der Waals surface area (Å²) in [6.07, 6.45) is 6.94. The van der Waals surface area contributed by atoms with Crippen molar-refractivity contribution >= 4 is 5.69 Å². The summed E-state index contributed by atoms with van der Waals surface area (Å²) in [5, 5.41) is 0. The van der Waals surface area contributed by atoms with Crippen molar-refractivity contribution < 1.29 is 0 Å². The van der Waals surface area contributed by atoms with Crippen molar-refractivity contribution in [2.24, 2.45) is 7.05 Å². The number of hydrogen-bond donors (Lipinski definition) is 1. The second-order valence-electron chi connectivity index (χ2n) is 3.39. The van der Waals surface area contributed by atoms with Gasteiger partial charge in [0.1, 0.15) is 5.82 Å². The summed E-state index contributed by atoms with van der Waals surface area (Å²) in [4.78, 5) is 15.3. The molecule has 0 amide bonds. The molecule has 0 saturated carbocycles. The number of pyridine rings is 1. The molecule has 2 heterocycles. The first-order valence-electron chi connectivity index (χ1n) is 4.58. The number of nitrogens with zero attached hydrogens (tertiary/aromatic N) is 3. The fourth-order valence-corrected chi connectivity index (χ4v) is 1.36. The van der Waals surface area contributed by atoms with Crippen LogP contribution >= 0.6 is 0 Å². The Hall–Kier alpha value is -2.04. The highest BCUT2D eigenvalue weighted by molar-refractivity contribution is 5.33. The number of aromatic nitrogens is 3. The molecule has 0 bridgehead atoms. The molecule has 5 nitrogen and oxygen atoms in total. The van der Waals surface area contributed by atoms with Gasteiger partial charge in [0.05, 0.1) is 12.2 Å². The van der Waals surface area contributed by atoms with Gasteiger partial charge < -0.3 is 14.9 Å². The van der Waals surface area contributed by atoms with E-state index in [9.17, 15) is 4.79 Å². The number of anilines is 1. The third kappa shape index (κ3) is 1.90. The Morgan fingerprint density at radius 1 is 1.47 bits per heavy atom. The minimum atomic E-state index is -0.147. The topological polar surface area (TPSA) is 65.8 Å². The maximum absolute atomic E-state index is 11.1. The molecule has 2 N–H and O–H groups in total. The van der Waals surface area contributed by atoms with E-state index in [4.69, 9.17) is 5.73 Å². The molecule has 2 aromatic rings. The zero-order valence-electron chi connectivity index (χ0n) is 8.42. The predicted molar refractivity (Wildman–Crippen MR) is 57.4 cm³/mol. The van der Waals surface area contributed by atoms with E-state index in [2.05, 4.69) is 4.98 Å². The third-order valence-corrected chi connectivity index (χ3v) is 2.25. The van der Waals surface area contributed by atoms with Crippen molar-refractivity contribution in [2.75, 3.05) is 5.73 Å². The Kier molecular flexibility index (Phi) is 2.29. The highest BCUT2D eigenvalue weighted by Gasteiger charge is 2.00. The van der Waals surface area contributed by atoms with Crippen molar-refractivity contribution in [2.45, 2.75) is 6.54 Å². The molecule has 78 valence electrons. The summed E-state index contributed by atoms with van der Waals surface area (Å²) in [6, 6.07) is 1.46. The van der Waals surface area contributed by atoms with E-state index in [1.54, 1.807) is 18.6 Å². The molecule has 0 aromatic carbocycles. The Labute approximate surface area is 86.8 Å². The van der Waals surface area contributed by atoms with Crippen LogP contribution in [-0.4, -0.2) is 14.1 Å². The van der Waals surface area contributed by atoms with E-state index in [-0.39, 0.29) is 11.1 Å². The molecule has 0 saturated heterocycles. The lowest BCUT2D eigenvalue weighted by atomic mass is 10.4. The molecule has 5 heteroatoms. The molecule has 0 aliphatic heterocycles. The summed E-state index contributed by atoms with van der Waals surface area (Å²) in [6.45, 7) is 0.605. The van der Waals surface area contributed by atoms with E-state index in [0.29, 0.717) is 6.54 Å². The standard InChI is InChI=1S/C10H12N4O/c1-13-5-3-12-10(13)7-14-4-2-9(15)8(11)6-14/h2-6H,7,11H2,1H3. The average Bonchev–Trinajstić information content (AvgIpc) is 2.59. The predicted octanol–water partition coefficient (Wildman–Crippen LogP) is 0.212. The number of nitrogens with two attached hydrogens (primary N) is 1. The Balaban J connectivity index is 2.29. The minimum Gasteiger partial charge on any atom is -0.394 e. The minimum absolute atomic E-state index is 0.147. The normalized spacial score (nSPS) is 10.5. The zero-order chi connectivity index (χ0) is 10.8. The van der Waals surface area contributed by atoms with Gasteiger partial charge in [-0.05, 0) is 0 Å². The highest BCUT2D eigenvalue weighted by atomic mass is 16.1. The fraction of sp³-hybridized carbons (Fsp3) is 0.200. The van der Waals surface area contributed by atoms with Gasteiger partial charge in [0, 0.05) is 37.9 Å². The molecule has 2 aromatic heterocycles. The van der Waals surface area contributed by atoms with Crippen LogP contribution in [0.15, 0.2) is 35.6 Å². The second-order valence-corrected chi connectivity index (χ2v) is 3.39. The van der Waals surface area contributed by atoms with E-state index in [1.807, 2.05) is 22.4 Å². The monoisotopic (exact) mass is 204 g/mol. The Morgan fingerprint density at radius 2 is 2.27 bits per heavy atom. The van der Waals surface area contributed by atoms with Gasteiger partial charge in [-0.1, -0.05) is 0 Å². The number of aryl methyl sites for hydroxylation is 1. The molecule has 0 spiro atoms. The van der Waals surface area contributed by atoms with E-state index < -0.39 is 0 Å². The van der Waals surface area contributed by atoms with E-state index in [1.165, 1.54) is 6.07 Å². The molecule has 0 atom stereocenters. The Bertz CT molecular complexity index is 526. The van der Waals surface area contributed by atoms with E-state index >= 15 is 0 Å². The lowest BCUT2D eigenvalue weighted by Crippen LogP contribution is -2.12. The number of hydrogen-bond acceptors (Lipinski definition) is 3. The molecule has 0 aliphatic carbocycles. The largest absolute Gasteiger partial charge is 0.394 e. The van der Waals surface area contributed by atoms with Gasteiger partial charge in [-0.15, -0.1) is 0 Å². The fourth-order valence-electron chi connectivity index (χ4n) is 1.36. The van der Waals surface area contributed by atoms with Gasteiger partial charge in [-0.3, -0.25) is 4.79 Å². The Morgan fingerprint density at radius 3 is 2.87 bits per heavy atom. The van der Waals surface area contributed by atoms with Gasteiger partial charge in [-0.2, -0.15) is 0 Å². The summed E-state index contributed by atoms with van der Waals surface area (Å²) in [7, 11) is 1.92. The van der Waals surface area contributed by atoms with Gasteiger partial charge in [0.25, 0.3) is 0 Å². The number of imidazole rings is 1. The first-order valence-corrected chi connectivity index (χ1v) is 4.58. The van der Waals surface area contributed by atoms with Gasteiger partial charge in [0.15, 0.2) is 0 Å². The van der Waals surface area contributed by atoms with Crippen molar-refractivity contribution in [3.05, 3.63) is 46.9 Å². The van der Waals surface area contributed by atoms with Crippen molar-refractivity contribution in [3.63, 3.8) is 0 Å². The van der Waals surface area contributed by atoms with Crippen molar-refractivity contribution in [1.29, 1.82) is 0 Å². The molecule has 0 aliphatic rings. The van der Waals surface area contributed by atoms with Crippen LogP contribution in [0.5, 0.6) is 0 Å². The molecule has 0 fully saturated rings. The average molecular weight is 204 g/mol. The summed E-state index contributed by atoms with van der Waals surface area (Å²) >= 11 is 0. The summed E-state index contributed by atoms with van der Waals surface area (Å²) in [5.41, 5.74) is 5.64. The molecule has 2 rings (SSSR count). The van der Waals surface area contributed by atoms with E-state index in [0.717, 1.165) is 5.82 Å². The van der Waals surface area contributed by atoms with Crippen LogP contribution in [0, 0.1) is 0 Å². The third-order valence-electron chi connectivity index (χ3n) is 2.25. The van der Waals surface area contributed by atoms with Crippen molar-refractivity contribution in [3.8, 4) is 0 Å². The molecule has 0 unspecified atom stereocenters. The van der Waals surface area contributed by atoms with Crippen molar-refractivity contribution in [1.82, 2.24) is 14.1 Å². The first kappa shape index (κ1) is 9.51. The van der Waals surface area contributed by atoms with Gasteiger partial charge in [-0.25, -0.2) is 4.98 Å². The molecule has 0 radical (unpaired) electrons. The first-order chi connectivity index (χ1) is 7.16. The smallest absolute Gasteiger partial charge is 0.204 e. The number of nitrogen functional groups attached to an aromatic ring is 1. The second kappa shape index (κ2) is 3.61. The maximum atomic E-state index is 11.1. The lowest BCUT2D eigenvalue weighted by Gasteiger charge is -2.06. The van der Waals surface area contributed by atoms with Crippen LogP contribution in [0.2, 0.25) is 0 Å². The summed E-state index contributed by atoms with van der Waals surface area (Å²) < 4.78 is 3.76. The van der Waals surface area contributed by atoms with Crippen LogP contribution in [0.1, 0.15) is 5.82 Å². The molecular formula is C10H12N4O. The van der Waals surface area contributed by atoms with Crippen LogP contribution in [-0.2, 0) is 13.6 Å². The van der Waals surface area contributed by atoms with Gasteiger partial charge in [0.2, 0.25) is 5.43 Å². The van der Waals surface area contributed by atoms with Crippen LogP contribution in [0.3, 0.4) is 0 Å². The lowest BCUT2D eigenvalue weighted by molar-refractivity contribution is 0.696. The maximum Gasteiger partial charge on any atom is 0.204 e. The summed E-state index contributed by atoms with van der Waals surface area (Å²) in [5.74, 6) is 0.915. The van der Waals surface area contributed by atoms with Crippen LogP contribution in [0.4, 0.5) is 5.69 Å². The van der Waals surface area contributed by atoms with Crippen LogP contribution in [0.25, 0.3) is 0 Å². The SMILES string of the molecule is Cn1ccnc1Cn1ccc(=O)c(N)c1. The number of rotatable bonds is 2. The zero-order valence-corrected chi connectivity index (χ0v) is 8.42. The van der Waals surface area contributed by atoms with Gasteiger partial charge >= 0.3 is 0 Å². The quantitative estimate of drug-likeness (QED) is 0.760.